The summed E-state index contributed by atoms with van der Waals surface area (Å²) in [6.45, 7) is 3.63. The molecule has 0 aliphatic carbocycles. The van der Waals surface area contributed by atoms with Crippen molar-refractivity contribution in [2.45, 2.75) is 26.1 Å². The van der Waals surface area contributed by atoms with Crippen LogP contribution in [0.3, 0.4) is 0 Å². The average molecular weight is 434 g/mol. The molecule has 0 unspecified atom stereocenters. The highest BCUT2D eigenvalue weighted by Gasteiger charge is 2.60. The standard InChI is InChI=1S/C24H18O8/c1-11-3-7-13(8-4-11)17(25)15-19(27)23(29)31-21(15)22-16(20(28)24(30)32-22)18(26)14-9-5-12(2)6-10-14/h3-10,15-16,21-22H,1-2H3/t15-,16-,21-,22+/m1/s1. The van der Waals surface area contributed by atoms with Gasteiger partial charge in [0.2, 0.25) is 0 Å². The maximum absolute atomic E-state index is 13.1. The van der Waals surface area contributed by atoms with E-state index >= 15 is 0 Å². The van der Waals surface area contributed by atoms with Gasteiger partial charge in [-0.2, -0.15) is 0 Å². The van der Waals surface area contributed by atoms with Crippen LogP contribution in [0.25, 0.3) is 0 Å². The summed E-state index contributed by atoms with van der Waals surface area (Å²) in [4.78, 5) is 75.2. The minimum atomic E-state index is -1.64. The number of hydrogen-bond acceptors (Lipinski definition) is 8. The predicted octanol–water partition coefficient (Wildman–Crippen LogP) is 1.59. The lowest BCUT2D eigenvalue weighted by Crippen LogP contribution is -2.44. The minimum Gasteiger partial charge on any atom is -0.451 e. The molecule has 2 heterocycles. The fourth-order valence-corrected chi connectivity index (χ4v) is 3.90. The maximum atomic E-state index is 13.1. The largest absolute Gasteiger partial charge is 0.451 e. The fourth-order valence-electron chi connectivity index (χ4n) is 3.90. The third-order valence-electron chi connectivity index (χ3n) is 5.67. The van der Waals surface area contributed by atoms with Crippen LogP contribution in [-0.4, -0.2) is 47.3 Å². The van der Waals surface area contributed by atoms with Gasteiger partial charge < -0.3 is 9.47 Å². The van der Waals surface area contributed by atoms with E-state index in [1.807, 2.05) is 13.8 Å². The van der Waals surface area contributed by atoms with Crippen molar-refractivity contribution in [1.29, 1.82) is 0 Å². The number of aryl methyl sites for hydroxylation is 2. The monoisotopic (exact) mass is 434 g/mol. The maximum Gasteiger partial charge on any atom is 0.376 e. The Bertz CT molecular complexity index is 1070. The highest BCUT2D eigenvalue weighted by atomic mass is 16.6. The van der Waals surface area contributed by atoms with Gasteiger partial charge in [0, 0.05) is 11.1 Å². The molecule has 2 aromatic rings. The number of ether oxygens (including phenoxy) is 2. The van der Waals surface area contributed by atoms with E-state index in [0.29, 0.717) is 0 Å². The molecule has 32 heavy (non-hydrogen) atoms. The molecule has 0 aromatic heterocycles. The summed E-state index contributed by atoms with van der Waals surface area (Å²) in [5, 5.41) is 0. The summed E-state index contributed by atoms with van der Waals surface area (Å²) in [6, 6.07) is 12.6. The molecule has 0 radical (unpaired) electrons. The van der Waals surface area contributed by atoms with Crippen molar-refractivity contribution in [1.82, 2.24) is 0 Å². The Morgan fingerprint density at radius 3 is 1.22 bits per heavy atom. The summed E-state index contributed by atoms with van der Waals surface area (Å²) in [5.41, 5.74) is 2.05. The van der Waals surface area contributed by atoms with E-state index in [1.54, 1.807) is 24.3 Å². The number of carbonyl (C=O) groups excluding carboxylic acids is 6. The summed E-state index contributed by atoms with van der Waals surface area (Å²) >= 11 is 0. The second-order valence-electron chi connectivity index (χ2n) is 7.88. The van der Waals surface area contributed by atoms with E-state index in [1.165, 1.54) is 24.3 Å². The number of rotatable bonds is 5. The predicted molar refractivity (Wildman–Crippen MR) is 108 cm³/mol. The number of carbonyl (C=O) groups is 6. The van der Waals surface area contributed by atoms with Crippen LogP contribution < -0.4 is 0 Å². The molecule has 4 rings (SSSR count). The lowest BCUT2D eigenvalue weighted by atomic mass is 9.81. The quantitative estimate of drug-likeness (QED) is 0.301. The number of benzene rings is 2. The van der Waals surface area contributed by atoms with E-state index in [-0.39, 0.29) is 11.1 Å². The highest BCUT2D eigenvalue weighted by molar-refractivity contribution is 6.43. The molecular weight excluding hydrogens is 416 g/mol. The SMILES string of the molecule is Cc1ccc(C(=O)[C@@H]2C(=O)C(=O)O[C@H]2[C@H]2OC(=O)C(=O)[C@H]2C(=O)c2ccc(C)cc2)cc1. The Morgan fingerprint density at radius 2 is 0.906 bits per heavy atom. The Hall–Kier alpha value is -3.94. The van der Waals surface area contributed by atoms with E-state index in [4.69, 9.17) is 9.47 Å². The summed E-state index contributed by atoms with van der Waals surface area (Å²) in [5.74, 6) is -9.50. The van der Waals surface area contributed by atoms with E-state index in [0.717, 1.165) is 11.1 Å². The number of ketones is 4. The summed E-state index contributed by atoms with van der Waals surface area (Å²) in [7, 11) is 0. The Morgan fingerprint density at radius 1 is 0.594 bits per heavy atom. The van der Waals surface area contributed by atoms with Crippen LogP contribution in [0.1, 0.15) is 31.8 Å². The first-order valence-electron chi connectivity index (χ1n) is 9.90. The number of hydrogen-bond donors (Lipinski definition) is 0. The molecule has 0 saturated carbocycles. The number of esters is 2. The van der Waals surface area contributed by atoms with E-state index < -0.39 is 59.1 Å². The van der Waals surface area contributed by atoms with Crippen LogP contribution in [0.4, 0.5) is 0 Å². The second kappa shape index (κ2) is 7.96. The van der Waals surface area contributed by atoms with Crippen LogP contribution in [0.5, 0.6) is 0 Å². The topological polar surface area (TPSA) is 121 Å². The molecule has 8 nitrogen and oxygen atoms in total. The third-order valence-corrected chi connectivity index (χ3v) is 5.67. The first-order valence-corrected chi connectivity index (χ1v) is 9.90. The highest BCUT2D eigenvalue weighted by Crippen LogP contribution is 2.35. The van der Waals surface area contributed by atoms with Gasteiger partial charge in [0.1, 0.15) is 11.8 Å². The minimum absolute atomic E-state index is 0.148. The zero-order valence-corrected chi connectivity index (χ0v) is 17.2. The van der Waals surface area contributed by atoms with Gasteiger partial charge in [-0.25, -0.2) is 9.59 Å². The van der Waals surface area contributed by atoms with Crippen molar-refractivity contribution in [2.75, 3.05) is 0 Å². The second-order valence-corrected chi connectivity index (χ2v) is 7.88. The van der Waals surface area contributed by atoms with Gasteiger partial charge in [-0.1, -0.05) is 59.7 Å². The summed E-state index contributed by atoms with van der Waals surface area (Å²) < 4.78 is 10.2. The molecule has 162 valence electrons. The first kappa shape index (κ1) is 21.3. The fraction of sp³-hybridized carbons (Fsp3) is 0.250. The van der Waals surface area contributed by atoms with E-state index in [9.17, 15) is 28.8 Å². The van der Waals surface area contributed by atoms with Gasteiger partial charge in [-0.05, 0) is 13.8 Å². The number of cyclic esters (lactones) is 2. The molecule has 0 N–H and O–H groups in total. The van der Waals surface area contributed by atoms with Crippen molar-refractivity contribution < 1.29 is 38.2 Å². The van der Waals surface area contributed by atoms with Gasteiger partial charge in [0.25, 0.3) is 11.6 Å². The van der Waals surface area contributed by atoms with Crippen molar-refractivity contribution in [3.63, 3.8) is 0 Å². The molecule has 4 atom stereocenters. The van der Waals surface area contributed by atoms with Crippen LogP contribution in [-0.2, 0) is 28.7 Å². The van der Waals surface area contributed by atoms with Crippen molar-refractivity contribution >= 4 is 35.1 Å². The van der Waals surface area contributed by atoms with Crippen LogP contribution in [0.15, 0.2) is 48.5 Å². The van der Waals surface area contributed by atoms with E-state index in [2.05, 4.69) is 0 Å². The van der Waals surface area contributed by atoms with Gasteiger partial charge in [0.05, 0.1) is 0 Å². The van der Waals surface area contributed by atoms with Gasteiger partial charge in [0.15, 0.2) is 23.8 Å². The lowest BCUT2D eigenvalue weighted by molar-refractivity contribution is -0.157. The average Bonchev–Trinajstić information content (AvgIpc) is 3.23. The summed E-state index contributed by atoms with van der Waals surface area (Å²) in [6.07, 6.45) is -3.17. The molecule has 0 bridgehead atoms. The zero-order chi connectivity index (χ0) is 23.2. The van der Waals surface area contributed by atoms with Crippen molar-refractivity contribution in [3.8, 4) is 0 Å². The Balaban J connectivity index is 1.71. The van der Waals surface area contributed by atoms with Crippen LogP contribution >= 0.6 is 0 Å². The Labute approximate surface area is 182 Å². The smallest absolute Gasteiger partial charge is 0.376 e. The molecule has 2 saturated heterocycles. The number of Topliss-reactive ketones (excluding diaryl/α,β-unsaturated/α-hetero) is 4. The normalized spacial score (nSPS) is 24.9. The van der Waals surface area contributed by atoms with Crippen molar-refractivity contribution in [2.24, 2.45) is 11.8 Å². The van der Waals surface area contributed by atoms with Crippen molar-refractivity contribution in [3.05, 3.63) is 70.8 Å². The molecule has 2 aromatic carbocycles. The molecular formula is C24H18O8. The zero-order valence-electron chi connectivity index (χ0n) is 17.2. The molecule has 2 aliphatic heterocycles. The molecule has 0 amide bonds. The first-order chi connectivity index (χ1) is 15.2. The molecule has 2 fully saturated rings. The molecule has 8 heteroatoms. The van der Waals surface area contributed by atoms with Gasteiger partial charge in [-0.15, -0.1) is 0 Å². The molecule has 2 aliphatic rings. The van der Waals surface area contributed by atoms with Gasteiger partial charge in [-0.3, -0.25) is 19.2 Å². The van der Waals surface area contributed by atoms with Crippen LogP contribution in [0, 0.1) is 25.7 Å². The Kier molecular flexibility index (Phi) is 5.30. The lowest BCUT2D eigenvalue weighted by Gasteiger charge is -2.24. The third kappa shape index (κ3) is 3.53. The molecule has 0 spiro atoms. The van der Waals surface area contributed by atoms with Gasteiger partial charge >= 0.3 is 11.9 Å². The van der Waals surface area contributed by atoms with Crippen LogP contribution in [0.2, 0.25) is 0 Å².